The zero-order chi connectivity index (χ0) is 17.4. The van der Waals surface area contributed by atoms with Crippen LogP contribution in [-0.2, 0) is 30.4 Å². The van der Waals surface area contributed by atoms with E-state index in [0.29, 0.717) is 11.6 Å². The standard InChI is InChI=1S/C16H17N5OS3/c1-9-12(24-15(17-9)11-3-5-21(2)20-11)7-14(22)19-16-18-10-4-6-23-8-13(10)25-16/h3,5H,4,6-8H2,1-2H3,(H,18,19,22). The molecule has 130 valence electrons. The lowest BCUT2D eigenvalue weighted by atomic mass is 10.3. The van der Waals surface area contributed by atoms with Gasteiger partial charge in [-0.1, -0.05) is 0 Å². The van der Waals surface area contributed by atoms with Gasteiger partial charge in [0.2, 0.25) is 5.91 Å². The number of rotatable bonds is 4. The molecule has 1 aliphatic heterocycles. The molecule has 9 heteroatoms. The number of anilines is 1. The van der Waals surface area contributed by atoms with Gasteiger partial charge in [0.1, 0.15) is 10.7 Å². The predicted octanol–water partition coefficient (Wildman–Crippen LogP) is 3.28. The lowest BCUT2D eigenvalue weighted by Crippen LogP contribution is -2.14. The molecule has 25 heavy (non-hydrogen) atoms. The second-order valence-electron chi connectivity index (χ2n) is 5.82. The summed E-state index contributed by atoms with van der Waals surface area (Å²) >= 11 is 5.04. The molecular formula is C16H17N5OS3. The van der Waals surface area contributed by atoms with Gasteiger partial charge in [0.05, 0.1) is 17.8 Å². The van der Waals surface area contributed by atoms with Crippen molar-refractivity contribution in [1.82, 2.24) is 19.7 Å². The van der Waals surface area contributed by atoms with Crippen LogP contribution in [-0.4, -0.2) is 31.4 Å². The first-order valence-corrected chi connectivity index (χ1v) is 10.7. The molecule has 0 spiro atoms. The molecule has 0 aromatic carbocycles. The van der Waals surface area contributed by atoms with Gasteiger partial charge in [0.15, 0.2) is 5.13 Å². The number of thioether (sulfide) groups is 1. The van der Waals surface area contributed by atoms with Crippen LogP contribution < -0.4 is 5.32 Å². The monoisotopic (exact) mass is 391 g/mol. The van der Waals surface area contributed by atoms with Crippen molar-refractivity contribution in [3.8, 4) is 10.7 Å². The minimum absolute atomic E-state index is 0.0435. The third-order valence-corrected chi connectivity index (χ3v) is 7.25. The smallest absolute Gasteiger partial charge is 0.231 e. The van der Waals surface area contributed by atoms with Crippen LogP contribution in [0.25, 0.3) is 10.7 Å². The van der Waals surface area contributed by atoms with Crippen LogP contribution in [0.15, 0.2) is 12.3 Å². The summed E-state index contributed by atoms with van der Waals surface area (Å²) in [6.45, 7) is 1.94. The highest BCUT2D eigenvalue weighted by atomic mass is 32.2. The van der Waals surface area contributed by atoms with Gasteiger partial charge in [-0.3, -0.25) is 9.48 Å². The highest BCUT2D eigenvalue weighted by Gasteiger charge is 2.18. The van der Waals surface area contributed by atoms with Crippen molar-refractivity contribution >= 4 is 45.5 Å². The highest BCUT2D eigenvalue weighted by molar-refractivity contribution is 7.98. The first-order valence-electron chi connectivity index (χ1n) is 7.91. The average molecular weight is 392 g/mol. The maximum atomic E-state index is 12.4. The lowest BCUT2D eigenvalue weighted by Gasteiger charge is -2.06. The maximum Gasteiger partial charge on any atom is 0.231 e. The van der Waals surface area contributed by atoms with Crippen LogP contribution in [0.3, 0.4) is 0 Å². The van der Waals surface area contributed by atoms with Crippen molar-refractivity contribution in [2.45, 2.75) is 25.5 Å². The Labute approximate surface area is 157 Å². The Balaban J connectivity index is 1.45. The molecular weight excluding hydrogens is 374 g/mol. The number of carbonyl (C=O) groups is 1. The summed E-state index contributed by atoms with van der Waals surface area (Å²) in [5.74, 6) is 2.07. The summed E-state index contributed by atoms with van der Waals surface area (Å²) in [6.07, 6.45) is 3.20. The lowest BCUT2D eigenvalue weighted by molar-refractivity contribution is -0.115. The van der Waals surface area contributed by atoms with Crippen molar-refractivity contribution in [3.63, 3.8) is 0 Å². The molecule has 3 aromatic rings. The number of aryl methyl sites for hydroxylation is 3. The van der Waals surface area contributed by atoms with Gasteiger partial charge >= 0.3 is 0 Å². The third-order valence-electron chi connectivity index (χ3n) is 3.89. The van der Waals surface area contributed by atoms with Gasteiger partial charge in [0, 0.05) is 28.8 Å². The normalized spacial score (nSPS) is 13.7. The number of fused-ring (bicyclic) bond motifs is 1. The van der Waals surface area contributed by atoms with E-state index in [4.69, 9.17) is 0 Å². The number of nitrogens with zero attached hydrogens (tertiary/aromatic N) is 4. The number of nitrogens with one attached hydrogen (secondary N) is 1. The van der Waals surface area contributed by atoms with Gasteiger partial charge in [-0.15, -0.1) is 22.7 Å². The molecule has 0 unspecified atom stereocenters. The molecule has 4 rings (SSSR count). The molecule has 3 aromatic heterocycles. The number of thiazole rings is 2. The SMILES string of the molecule is Cc1nc(-c2ccn(C)n2)sc1CC(=O)Nc1nc2c(s1)CSCC2. The number of amides is 1. The van der Waals surface area contributed by atoms with Crippen LogP contribution >= 0.6 is 34.4 Å². The number of aromatic nitrogens is 4. The second-order valence-corrected chi connectivity index (χ2v) is 9.09. The van der Waals surface area contributed by atoms with Crippen molar-refractivity contribution in [2.24, 2.45) is 7.05 Å². The van der Waals surface area contributed by atoms with Gasteiger partial charge in [0.25, 0.3) is 0 Å². The largest absolute Gasteiger partial charge is 0.302 e. The molecule has 0 atom stereocenters. The van der Waals surface area contributed by atoms with E-state index in [9.17, 15) is 4.79 Å². The van der Waals surface area contributed by atoms with E-state index in [1.807, 2.05) is 38.0 Å². The molecule has 1 amide bonds. The van der Waals surface area contributed by atoms with E-state index >= 15 is 0 Å². The molecule has 1 N–H and O–H groups in total. The molecule has 0 aliphatic carbocycles. The second kappa shape index (κ2) is 6.89. The molecule has 0 radical (unpaired) electrons. The quantitative estimate of drug-likeness (QED) is 0.739. The predicted molar refractivity (Wildman–Crippen MR) is 103 cm³/mol. The molecule has 1 aliphatic rings. The maximum absolute atomic E-state index is 12.4. The van der Waals surface area contributed by atoms with E-state index in [0.717, 1.165) is 44.9 Å². The Morgan fingerprint density at radius 3 is 3.00 bits per heavy atom. The fraction of sp³-hybridized carbons (Fsp3) is 0.375. The number of hydrogen-bond donors (Lipinski definition) is 1. The van der Waals surface area contributed by atoms with Crippen LogP contribution in [0, 0.1) is 6.92 Å². The Morgan fingerprint density at radius 2 is 2.24 bits per heavy atom. The van der Waals surface area contributed by atoms with Gasteiger partial charge in [-0.2, -0.15) is 16.9 Å². The Hall–Kier alpha value is -1.71. The Morgan fingerprint density at radius 1 is 1.36 bits per heavy atom. The molecule has 6 nitrogen and oxygen atoms in total. The molecule has 0 fully saturated rings. The summed E-state index contributed by atoms with van der Waals surface area (Å²) in [4.78, 5) is 23.8. The zero-order valence-electron chi connectivity index (χ0n) is 13.9. The van der Waals surface area contributed by atoms with Crippen molar-refractivity contribution in [2.75, 3.05) is 11.1 Å². The molecule has 4 heterocycles. The first-order chi connectivity index (χ1) is 12.1. The number of hydrogen-bond acceptors (Lipinski definition) is 7. The minimum Gasteiger partial charge on any atom is -0.302 e. The fourth-order valence-electron chi connectivity index (χ4n) is 2.62. The Kier molecular flexibility index (Phi) is 4.61. The summed E-state index contributed by atoms with van der Waals surface area (Å²) in [5.41, 5.74) is 2.87. The summed E-state index contributed by atoms with van der Waals surface area (Å²) in [6, 6.07) is 1.93. The van der Waals surface area contributed by atoms with Crippen LogP contribution in [0.5, 0.6) is 0 Å². The fourth-order valence-corrected chi connectivity index (χ4v) is 5.78. The van der Waals surface area contributed by atoms with E-state index < -0.39 is 0 Å². The van der Waals surface area contributed by atoms with Crippen LogP contribution in [0.2, 0.25) is 0 Å². The van der Waals surface area contributed by atoms with Gasteiger partial charge in [-0.05, 0) is 25.2 Å². The molecule has 0 saturated carbocycles. The van der Waals surface area contributed by atoms with Crippen molar-refractivity contribution in [3.05, 3.63) is 33.4 Å². The van der Waals surface area contributed by atoms with E-state index in [2.05, 4.69) is 20.4 Å². The summed E-state index contributed by atoms with van der Waals surface area (Å²) in [5, 5.41) is 8.88. The highest BCUT2D eigenvalue weighted by Crippen LogP contribution is 2.32. The third kappa shape index (κ3) is 3.63. The Bertz CT molecular complexity index is 903. The summed E-state index contributed by atoms with van der Waals surface area (Å²) < 4.78 is 1.75. The van der Waals surface area contributed by atoms with Crippen LogP contribution in [0.1, 0.15) is 21.1 Å². The molecule has 0 bridgehead atoms. The first kappa shape index (κ1) is 16.7. The van der Waals surface area contributed by atoms with E-state index in [1.54, 1.807) is 16.0 Å². The van der Waals surface area contributed by atoms with Crippen molar-refractivity contribution in [1.29, 1.82) is 0 Å². The van der Waals surface area contributed by atoms with E-state index in [1.165, 1.54) is 16.2 Å². The zero-order valence-corrected chi connectivity index (χ0v) is 16.4. The van der Waals surface area contributed by atoms with Gasteiger partial charge < -0.3 is 5.32 Å². The average Bonchev–Trinajstić information content (AvgIpc) is 3.26. The topological polar surface area (TPSA) is 72.7 Å². The van der Waals surface area contributed by atoms with E-state index in [-0.39, 0.29) is 5.91 Å². The van der Waals surface area contributed by atoms with Gasteiger partial charge in [-0.25, -0.2) is 9.97 Å². The van der Waals surface area contributed by atoms with Crippen molar-refractivity contribution < 1.29 is 4.79 Å². The minimum atomic E-state index is -0.0435. The molecule has 0 saturated heterocycles. The van der Waals surface area contributed by atoms with Crippen LogP contribution in [0.4, 0.5) is 5.13 Å². The number of carbonyl (C=O) groups excluding carboxylic acids is 1. The summed E-state index contributed by atoms with van der Waals surface area (Å²) in [7, 11) is 1.88.